The van der Waals surface area contributed by atoms with E-state index in [1.165, 1.54) is 0 Å². The molecule has 0 radical (unpaired) electrons. The summed E-state index contributed by atoms with van der Waals surface area (Å²) in [5.74, 6) is -0.896. The van der Waals surface area contributed by atoms with Gasteiger partial charge in [-0.2, -0.15) is 0 Å². The van der Waals surface area contributed by atoms with Crippen LogP contribution in [0.1, 0.15) is 51.6 Å². The minimum Gasteiger partial charge on any atom is -0.481 e. The van der Waals surface area contributed by atoms with Crippen LogP contribution in [0.3, 0.4) is 0 Å². The number of amides is 1. The van der Waals surface area contributed by atoms with Gasteiger partial charge in [0, 0.05) is 12.8 Å². The maximum absolute atomic E-state index is 12.0. The molecule has 1 atom stereocenters. The van der Waals surface area contributed by atoms with Gasteiger partial charge in [-0.15, -0.1) is 0 Å². The molecule has 0 aliphatic carbocycles. The summed E-state index contributed by atoms with van der Waals surface area (Å²) in [6.07, 6.45) is 0.855. The van der Waals surface area contributed by atoms with Gasteiger partial charge < -0.3 is 10.4 Å². The molecule has 0 bridgehead atoms. The van der Waals surface area contributed by atoms with E-state index in [0.29, 0.717) is 12.8 Å². The third-order valence-electron chi connectivity index (χ3n) is 2.87. The van der Waals surface area contributed by atoms with E-state index >= 15 is 0 Å². The zero-order valence-corrected chi connectivity index (χ0v) is 12.3. The van der Waals surface area contributed by atoms with Crippen LogP contribution in [0.4, 0.5) is 0 Å². The molecule has 110 valence electrons. The molecule has 1 unspecified atom stereocenters. The number of aliphatic carboxylic acids is 1. The van der Waals surface area contributed by atoms with E-state index in [1.54, 1.807) is 0 Å². The Labute approximate surface area is 120 Å². The first-order chi connectivity index (χ1) is 9.28. The summed E-state index contributed by atoms with van der Waals surface area (Å²) in [5, 5.41) is 11.8. The van der Waals surface area contributed by atoms with Crippen molar-refractivity contribution in [3.05, 3.63) is 35.9 Å². The van der Waals surface area contributed by atoms with Crippen molar-refractivity contribution in [2.45, 2.75) is 46.1 Å². The fourth-order valence-electron chi connectivity index (χ4n) is 2.00. The molecule has 0 saturated carbocycles. The van der Waals surface area contributed by atoms with Crippen molar-refractivity contribution in [1.29, 1.82) is 0 Å². The number of carboxylic acid groups (broad SMARTS) is 1. The molecule has 0 saturated heterocycles. The van der Waals surface area contributed by atoms with Crippen molar-refractivity contribution in [3.8, 4) is 0 Å². The number of carbonyl (C=O) groups excluding carboxylic acids is 1. The number of carboxylic acids is 1. The summed E-state index contributed by atoms with van der Waals surface area (Å²) in [6.45, 7) is 6.00. The van der Waals surface area contributed by atoms with Crippen LogP contribution in [0.25, 0.3) is 0 Å². The van der Waals surface area contributed by atoms with Gasteiger partial charge in [-0.05, 0) is 17.4 Å². The summed E-state index contributed by atoms with van der Waals surface area (Å²) >= 11 is 0. The summed E-state index contributed by atoms with van der Waals surface area (Å²) in [5.41, 5.74) is 0.856. The van der Waals surface area contributed by atoms with Crippen LogP contribution in [0.2, 0.25) is 0 Å². The second kappa shape index (κ2) is 7.08. The SMILES string of the molecule is CC(C)(C)CC(=O)NC(CCC(=O)O)c1ccccc1. The van der Waals surface area contributed by atoms with Gasteiger partial charge in [-0.1, -0.05) is 51.1 Å². The van der Waals surface area contributed by atoms with Crippen LogP contribution >= 0.6 is 0 Å². The molecule has 0 aliphatic heterocycles. The maximum Gasteiger partial charge on any atom is 0.303 e. The Morgan fingerprint density at radius 2 is 1.80 bits per heavy atom. The first kappa shape index (κ1) is 16.2. The van der Waals surface area contributed by atoms with Crippen LogP contribution < -0.4 is 5.32 Å². The molecule has 1 rings (SSSR count). The monoisotopic (exact) mass is 277 g/mol. The highest BCUT2D eigenvalue weighted by molar-refractivity contribution is 5.77. The number of hydrogen-bond acceptors (Lipinski definition) is 2. The maximum atomic E-state index is 12.0. The second-order valence-corrected chi connectivity index (χ2v) is 6.20. The number of benzene rings is 1. The highest BCUT2D eigenvalue weighted by Crippen LogP contribution is 2.22. The fourth-order valence-corrected chi connectivity index (χ4v) is 2.00. The number of hydrogen-bond donors (Lipinski definition) is 2. The third-order valence-corrected chi connectivity index (χ3v) is 2.87. The molecule has 0 fully saturated rings. The Bertz CT molecular complexity index is 449. The van der Waals surface area contributed by atoms with Crippen molar-refractivity contribution in [1.82, 2.24) is 5.32 Å². The molecule has 4 nitrogen and oxygen atoms in total. The molecular weight excluding hydrogens is 254 g/mol. The number of rotatable bonds is 6. The summed E-state index contributed by atoms with van der Waals surface area (Å²) in [7, 11) is 0. The molecular formula is C16H23NO3. The molecule has 1 aromatic rings. The topological polar surface area (TPSA) is 66.4 Å². The normalized spacial score (nSPS) is 12.8. The zero-order chi connectivity index (χ0) is 15.2. The molecule has 20 heavy (non-hydrogen) atoms. The Balaban J connectivity index is 2.73. The molecule has 0 spiro atoms. The van der Waals surface area contributed by atoms with E-state index in [4.69, 9.17) is 5.11 Å². The van der Waals surface area contributed by atoms with E-state index in [0.717, 1.165) is 5.56 Å². The summed E-state index contributed by atoms with van der Waals surface area (Å²) in [4.78, 5) is 22.8. The van der Waals surface area contributed by atoms with Gasteiger partial charge in [0.2, 0.25) is 5.91 Å². The van der Waals surface area contributed by atoms with E-state index in [9.17, 15) is 9.59 Å². The van der Waals surface area contributed by atoms with Gasteiger partial charge in [0.15, 0.2) is 0 Å². The van der Waals surface area contributed by atoms with Crippen LogP contribution in [0, 0.1) is 5.41 Å². The quantitative estimate of drug-likeness (QED) is 0.839. The average Bonchev–Trinajstić information content (AvgIpc) is 2.33. The van der Waals surface area contributed by atoms with E-state index in [1.807, 2.05) is 51.1 Å². The van der Waals surface area contributed by atoms with Crippen molar-refractivity contribution in [2.75, 3.05) is 0 Å². The smallest absolute Gasteiger partial charge is 0.303 e. The van der Waals surface area contributed by atoms with Crippen molar-refractivity contribution in [3.63, 3.8) is 0 Å². The van der Waals surface area contributed by atoms with Crippen LogP contribution in [0.15, 0.2) is 30.3 Å². The van der Waals surface area contributed by atoms with Gasteiger partial charge in [0.25, 0.3) is 0 Å². The van der Waals surface area contributed by atoms with Crippen LogP contribution in [0.5, 0.6) is 0 Å². The molecule has 0 aliphatic rings. The van der Waals surface area contributed by atoms with Crippen molar-refractivity contribution >= 4 is 11.9 Å². The Hall–Kier alpha value is -1.84. The minimum absolute atomic E-state index is 0.0371. The van der Waals surface area contributed by atoms with Crippen LogP contribution in [-0.2, 0) is 9.59 Å². The first-order valence-electron chi connectivity index (χ1n) is 6.84. The zero-order valence-electron chi connectivity index (χ0n) is 12.3. The highest BCUT2D eigenvalue weighted by atomic mass is 16.4. The molecule has 1 amide bonds. The molecule has 1 aromatic carbocycles. The van der Waals surface area contributed by atoms with Crippen molar-refractivity contribution < 1.29 is 14.7 Å². The molecule has 0 heterocycles. The summed E-state index contributed by atoms with van der Waals surface area (Å²) in [6, 6.07) is 9.24. The fraction of sp³-hybridized carbons (Fsp3) is 0.500. The minimum atomic E-state index is -0.851. The molecule has 2 N–H and O–H groups in total. The lowest BCUT2D eigenvalue weighted by Crippen LogP contribution is -2.31. The Morgan fingerprint density at radius 1 is 1.20 bits per heavy atom. The Kier molecular flexibility index (Phi) is 5.74. The highest BCUT2D eigenvalue weighted by Gasteiger charge is 2.20. The standard InChI is InChI=1S/C16H23NO3/c1-16(2,3)11-14(18)17-13(9-10-15(19)20)12-7-5-4-6-8-12/h4-8,13H,9-11H2,1-3H3,(H,17,18)(H,19,20). The first-order valence-corrected chi connectivity index (χ1v) is 6.84. The summed E-state index contributed by atoms with van der Waals surface area (Å²) < 4.78 is 0. The van der Waals surface area contributed by atoms with E-state index in [2.05, 4.69) is 5.32 Å². The Morgan fingerprint density at radius 3 is 2.30 bits per heavy atom. The van der Waals surface area contributed by atoms with E-state index < -0.39 is 5.97 Å². The predicted molar refractivity (Wildman–Crippen MR) is 78.3 cm³/mol. The number of carbonyl (C=O) groups is 2. The lowest BCUT2D eigenvalue weighted by Gasteiger charge is -2.22. The lowest BCUT2D eigenvalue weighted by atomic mass is 9.91. The lowest BCUT2D eigenvalue weighted by molar-refractivity contribution is -0.137. The van der Waals surface area contributed by atoms with Gasteiger partial charge >= 0.3 is 5.97 Å². The van der Waals surface area contributed by atoms with Gasteiger partial charge in [0.1, 0.15) is 0 Å². The third kappa shape index (κ3) is 6.36. The molecule has 4 heteroatoms. The van der Waals surface area contributed by atoms with Gasteiger partial charge in [-0.3, -0.25) is 9.59 Å². The largest absolute Gasteiger partial charge is 0.481 e. The van der Waals surface area contributed by atoms with E-state index in [-0.39, 0.29) is 23.8 Å². The molecule has 0 aromatic heterocycles. The predicted octanol–water partition coefficient (Wildman–Crippen LogP) is 3.14. The van der Waals surface area contributed by atoms with Crippen molar-refractivity contribution in [2.24, 2.45) is 5.41 Å². The second-order valence-electron chi connectivity index (χ2n) is 6.20. The van der Waals surface area contributed by atoms with Crippen LogP contribution in [-0.4, -0.2) is 17.0 Å². The van der Waals surface area contributed by atoms with Gasteiger partial charge in [-0.25, -0.2) is 0 Å². The average molecular weight is 277 g/mol. The van der Waals surface area contributed by atoms with Gasteiger partial charge in [0.05, 0.1) is 6.04 Å². The number of nitrogens with one attached hydrogen (secondary N) is 1.